The number of hydrogen-bond donors (Lipinski definition) is 2. The number of anilines is 1. The van der Waals surface area contributed by atoms with Crippen molar-refractivity contribution >= 4 is 11.6 Å². The molecule has 1 amide bonds. The van der Waals surface area contributed by atoms with E-state index in [1.807, 2.05) is 24.3 Å². The zero-order valence-corrected chi connectivity index (χ0v) is 13.8. The summed E-state index contributed by atoms with van der Waals surface area (Å²) in [4.78, 5) is 12.4. The summed E-state index contributed by atoms with van der Waals surface area (Å²) in [5.41, 5.74) is 1.06. The minimum absolute atomic E-state index is 0.105. The van der Waals surface area contributed by atoms with Crippen LogP contribution in [0.4, 0.5) is 5.69 Å². The number of carbonyl (C=O) groups excluding carboxylic acids is 1. The fraction of sp³-hybridized carbons (Fsp3) is 0.632. The van der Waals surface area contributed by atoms with Gasteiger partial charge in [-0.25, -0.2) is 0 Å². The Hall–Kier alpha value is -1.71. The molecule has 0 unspecified atom stereocenters. The molecular formula is C19H26N2O2. The van der Waals surface area contributed by atoms with Crippen LogP contribution in [0, 0.1) is 17.8 Å². The monoisotopic (exact) mass is 314 g/mol. The first kappa shape index (κ1) is 14.9. The number of carbonyl (C=O) groups is 1. The molecule has 4 aliphatic carbocycles. The number of amides is 1. The first-order chi connectivity index (χ1) is 11.1. The number of nitrogens with one attached hydrogen (secondary N) is 2. The largest absolute Gasteiger partial charge is 0.497 e. The minimum atomic E-state index is 0.105. The summed E-state index contributed by atoms with van der Waals surface area (Å²) in [5.74, 6) is 3.53. The maximum absolute atomic E-state index is 12.4. The molecule has 0 spiro atoms. The Morgan fingerprint density at radius 2 is 1.65 bits per heavy atom. The lowest BCUT2D eigenvalue weighted by Crippen LogP contribution is -2.60. The van der Waals surface area contributed by atoms with Gasteiger partial charge in [-0.2, -0.15) is 0 Å². The average molecular weight is 314 g/mol. The van der Waals surface area contributed by atoms with E-state index in [2.05, 4.69) is 10.6 Å². The van der Waals surface area contributed by atoms with Gasteiger partial charge in [0.05, 0.1) is 13.7 Å². The van der Waals surface area contributed by atoms with Gasteiger partial charge in [-0.15, -0.1) is 0 Å². The lowest BCUT2D eigenvalue weighted by molar-refractivity contribution is -0.125. The van der Waals surface area contributed by atoms with Crippen LogP contribution < -0.4 is 15.4 Å². The van der Waals surface area contributed by atoms with Crippen molar-refractivity contribution in [3.05, 3.63) is 24.3 Å². The maximum Gasteiger partial charge on any atom is 0.239 e. The van der Waals surface area contributed by atoms with E-state index in [0.717, 1.165) is 29.2 Å². The molecule has 4 bridgehead atoms. The molecule has 0 atom stereocenters. The third kappa shape index (κ3) is 3.04. The van der Waals surface area contributed by atoms with E-state index in [1.165, 1.54) is 38.5 Å². The molecule has 2 N–H and O–H groups in total. The molecule has 4 nitrogen and oxygen atoms in total. The van der Waals surface area contributed by atoms with Gasteiger partial charge in [-0.3, -0.25) is 4.79 Å². The van der Waals surface area contributed by atoms with Crippen molar-refractivity contribution in [2.45, 2.75) is 44.1 Å². The lowest BCUT2D eigenvalue weighted by atomic mass is 9.53. The Labute approximate surface area is 138 Å². The molecule has 0 heterocycles. The van der Waals surface area contributed by atoms with Gasteiger partial charge in [0, 0.05) is 11.2 Å². The minimum Gasteiger partial charge on any atom is -0.497 e. The van der Waals surface area contributed by atoms with E-state index in [-0.39, 0.29) is 11.4 Å². The summed E-state index contributed by atoms with van der Waals surface area (Å²) < 4.78 is 5.15. The Morgan fingerprint density at radius 3 is 2.17 bits per heavy atom. The summed E-state index contributed by atoms with van der Waals surface area (Å²) in [5, 5.41) is 6.60. The van der Waals surface area contributed by atoms with Gasteiger partial charge >= 0.3 is 0 Å². The normalized spacial score (nSPS) is 34.2. The van der Waals surface area contributed by atoms with Gasteiger partial charge in [-0.05, 0) is 80.5 Å². The Kier molecular flexibility index (Phi) is 3.70. The van der Waals surface area contributed by atoms with Crippen LogP contribution in [0.25, 0.3) is 0 Å². The van der Waals surface area contributed by atoms with Crippen molar-refractivity contribution < 1.29 is 9.53 Å². The molecule has 0 radical (unpaired) electrons. The fourth-order valence-corrected chi connectivity index (χ4v) is 5.49. The van der Waals surface area contributed by atoms with Crippen LogP contribution in [-0.4, -0.2) is 25.1 Å². The molecule has 1 aromatic carbocycles. The van der Waals surface area contributed by atoms with Crippen molar-refractivity contribution in [1.29, 1.82) is 0 Å². The Bertz CT molecular complexity index is 546. The second kappa shape index (κ2) is 5.73. The van der Waals surface area contributed by atoms with E-state index in [4.69, 9.17) is 4.74 Å². The van der Waals surface area contributed by atoms with Crippen molar-refractivity contribution in [1.82, 2.24) is 5.32 Å². The van der Waals surface area contributed by atoms with Gasteiger partial charge in [0.15, 0.2) is 0 Å². The summed E-state index contributed by atoms with van der Waals surface area (Å²) >= 11 is 0. The Balaban J connectivity index is 1.33. The molecule has 0 aromatic heterocycles. The topological polar surface area (TPSA) is 50.4 Å². The predicted octanol–water partition coefficient (Wildman–Crippen LogP) is 3.19. The van der Waals surface area contributed by atoms with E-state index < -0.39 is 0 Å². The van der Waals surface area contributed by atoms with E-state index in [9.17, 15) is 4.79 Å². The second-order valence-electron chi connectivity index (χ2n) is 7.83. The van der Waals surface area contributed by atoms with Crippen LogP contribution >= 0.6 is 0 Å². The highest BCUT2D eigenvalue weighted by atomic mass is 16.5. The molecule has 4 fully saturated rings. The highest BCUT2D eigenvalue weighted by molar-refractivity contribution is 5.81. The molecule has 0 saturated heterocycles. The van der Waals surface area contributed by atoms with E-state index >= 15 is 0 Å². The summed E-state index contributed by atoms with van der Waals surface area (Å²) in [7, 11) is 1.65. The summed E-state index contributed by atoms with van der Waals surface area (Å²) in [6.07, 6.45) is 7.81. The van der Waals surface area contributed by atoms with E-state index in [1.54, 1.807) is 7.11 Å². The number of methoxy groups -OCH3 is 1. The lowest BCUT2D eigenvalue weighted by Gasteiger charge is -2.56. The molecule has 5 rings (SSSR count). The first-order valence-corrected chi connectivity index (χ1v) is 8.83. The first-order valence-electron chi connectivity index (χ1n) is 8.83. The smallest absolute Gasteiger partial charge is 0.239 e. The van der Waals surface area contributed by atoms with Crippen molar-refractivity contribution in [2.24, 2.45) is 17.8 Å². The third-order valence-electron chi connectivity index (χ3n) is 5.99. The number of ether oxygens (including phenoxy) is 1. The Morgan fingerprint density at radius 1 is 1.09 bits per heavy atom. The van der Waals surface area contributed by atoms with Crippen LogP contribution in [0.15, 0.2) is 24.3 Å². The fourth-order valence-electron chi connectivity index (χ4n) is 5.49. The van der Waals surface area contributed by atoms with Crippen LogP contribution in [0.1, 0.15) is 38.5 Å². The zero-order valence-electron chi connectivity index (χ0n) is 13.8. The molecule has 1 aromatic rings. The SMILES string of the molecule is COc1ccc(NCC(=O)NC23CC4CC(CC(C4)C2)C3)cc1. The summed E-state index contributed by atoms with van der Waals surface area (Å²) in [6, 6.07) is 7.69. The van der Waals surface area contributed by atoms with Gasteiger partial charge in [-0.1, -0.05) is 0 Å². The van der Waals surface area contributed by atoms with Crippen molar-refractivity contribution in [3.63, 3.8) is 0 Å². The van der Waals surface area contributed by atoms with Crippen LogP contribution in [-0.2, 0) is 4.79 Å². The highest BCUT2D eigenvalue weighted by Crippen LogP contribution is 2.55. The van der Waals surface area contributed by atoms with Crippen LogP contribution in [0.3, 0.4) is 0 Å². The molecule has 0 aliphatic heterocycles. The molecule has 23 heavy (non-hydrogen) atoms. The van der Waals surface area contributed by atoms with Crippen molar-refractivity contribution in [2.75, 3.05) is 19.0 Å². The van der Waals surface area contributed by atoms with Gasteiger partial charge in [0.2, 0.25) is 5.91 Å². The summed E-state index contributed by atoms with van der Waals surface area (Å²) in [6.45, 7) is 0.341. The quantitative estimate of drug-likeness (QED) is 0.877. The number of hydrogen-bond acceptors (Lipinski definition) is 3. The van der Waals surface area contributed by atoms with E-state index in [0.29, 0.717) is 6.54 Å². The van der Waals surface area contributed by atoms with Crippen molar-refractivity contribution in [3.8, 4) is 5.75 Å². The predicted molar refractivity (Wildman–Crippen MR) is 90.5 cm³/mol. The van der Waals surface area contributed by atoms with Gasteiger partial charge in [0.1, 0.15) is 5.75 Å². The molecule has 4 heteroatoms. The zero-order chi connectivity index (χ0) is 15.9. The van der Waals surface area contributed by atoms with Crippen LogP contribution in [0.2, 0.25) is 0 Å². The number of benzene rings is 1. The van der Waals surface area contributed by atoms with Crippen LogP contribution in [0.5, 0.6) is 5.75 Å². The third-order valence-corrected chi connectivity index (χ3v) is 5.99. The molecule has 4 aliphatic rings. The second-order valence-corrected chi connectivity index (χ2v) is 7.83. The number of rotatable bonds is 5. The molecule has 4 saturated carbocycles. The average Bonchev–Trinajstić information content (AvgIpc) is 2.51. The standard InChI is InChI=1S/C19H26N2O2/c1-23-17-4-2-16(3-5-17)20-12-18(22)21-19-9-13-6-14(10-19)8-15(7-13)11-19/h2-5,13-15,20H,6-12H2,1H3,(H,21,22). The molecular weight excluding hydrogens is 288 g/mol. The highest BCUT2D eigenvalue weighted by Gasteiger charge is 2.51. The van der Waals surface area contributed by atoms with Gasteiger partial charge < -0.3 is 15.4 Å². The maximum atomic E-state index is 12.4. The molecule has 124 valence electrons. The van der Waals surface area contributed by atoms with Gasteiger partial charge in [0.25, 0.3) is 0 Å².